The molecule has 0 bridgehead atoms. The summed E-state index contributed by atoms with van der Waals surface area (Å²) in [5.41, 5.74) is 0.807. The summed E-state index contributed by atoms with van der Waals surface area (Å²) in [5, 5.41) is 9.56. The van der Waals surface area contributed by atoms with Crippen LogP contribution in [-0.4, -0.2) is 21.3 Å². The van der Waals surface area contributed by atoms with Gasteiger partial charge in [-0.15, -0.1) is 11.3 Å². The molecule has 0 aliphatic carbocycles. The second-order valence-corrected chi connectivity index (χ2v) is 4.94. The first kappa shape index (κ1) is 11.5. The molecule has 3 nitrogen and oxygen atoms in total. The number of thiazole rings is 1. The number of aryl methyl sites for hydroxylation is 1. The summed E-state index contributed by atoms with van der Waals surface area (Å²) in [6, 6.07) is 0. The molecular formula is C9H12NO2S2. The van der Waals surface area contributed by atoms with E-state index in [2.05, 4.69) is 24.5 Å². The Labute approximate surface area is 92.6 Å². The molecule has 1 heterocycles. The Kier molecular flexibility index (Phi) is 3.95. The topological polar surface area (TPSA) is 50.2 Å². The molecule has 0 saturated carbocycles. The number of rotatable bonds is 4. The highest BCUT2D eigenvalue weighted by Crippen LogP contribution is 2.20. The summed E-state index contributed by atoms with van der Waals surface area (Å²) in [6.07, 6.45) is 0.742. The summed E-state index contributed by atoms with van der Waals surface area (Å²) in [4.78, 5) is 15.6. The smallest absolute Gasteiger partial charge is 0.308 e. The summed E-state index contributed by atoms with van der Waals surface area (Å²) in [7, 11) is 0. The molecular weight excluding hydrogens is 218 g/mol. The second kappa shape index (κ2) is 4.79. The van der Waals surface area contributed by atoms with Crippen molar-refractivity contribution in [3.8, 4) is 0 Å². The molecule has 14 heavy (non-hydrogen) atoms. The van der Waals surface area contributed by atoms with Gasteiger partial charge in [0.15, 0.2) is 0 Å². The molecule has 1 rings (SSSR count). The standard InChI is InChI=1S/C9H12NO2S2/c1-5(13)3-8-10-6(2)7(14-8)4-9(11)12/h5,13H,1,3-4H2,2H3,(H,11,12). The van der Waals surface area contributed by atoms with Gasteiger partial charge in [-0.25, -0.2) is 4.98 Å². The van der Waals surface area contributed by atoms with Crippen molar-refractivity contribution >= 4 is 29.9 Å². The predicted octanol–water partition coefficient (Wildman–Crippen LogP) is 1.75. The maximum Gasteiger partial charge on any atom is 0.308 e. The Morgan fingerprint density at radius 2 is 2.43 bits per heavy atom. The largest absolute Gasteiger partial charge is 0.481 e. The van der Waals surface area contributed by atoms with E-state index in [-0.39, 0.29) is 11.7 Å². The summed E-state index contributed by atoms with van der Waals surface area (Å²) < 4.78 is 0. The molecule has 1 aromatic rings. The number of carbonyl (C=O) groups is 1. The maximum absolute atomic E-state index is 10.5. The zero-order chi connectivity index (χ0) is 10.7. The number of hydrogen-bond donors (Lipinski definition) is 2. The Balaban J connectivity index is 2.76. The molecule has 0 saturated heterocycles. The normalized spacial score (nSPS) is 12.8. The third-order valence-electron chi connectivity index (χ3n) is 1.66. The predicted molar refractivity (Wildman–Crippen MR) is 60.0 cm³/mol. The van der Waals surface area contributed by atoms with Crippen molar-refractivity contribution in [2.75, 3.05) is 0 Å². The first-order chi connectivity index (χ1) is 6.49. The Morgan fingerprint density at radius 3 is 2.93 bits per heavy atom. The number of aliphatic carboxylic acids is 1. The van der Waals surface area contributed by atoms with Crippen molar-refractivity contribution in [2.45, 2.75) is 25.0 Å². The molecule has 0 fully saturated rings. The van der Waals surface area contributed by atoms with E-state index in [1.54, 1.807) is 0 Å². The van der Waals surface area contributed by atoms with Gasteiger partial charge in [0, 0.05) is 16.5 Å². The van der Waals surface area contributed by atoms with Crippen LogP contribution < -0.4 is 0 Å². The summed E-state index contributed by atoms with van der Waals surface area (Å²) >= 11 is 5.60. The Hall–Kier alpha value is -0.550. The van der Waals surface area contributed by atoms with Gasteiger partial charge in [0.05, 0.1) is 17.1 Å². The minimum absolute atomic E-state index is 0.0122. The van der Waals surface area contributed by atoms with Gasteiger partial charge >= 0.3 is 5.97 Å². The monoisotopic (exact) mass is 230 g/mol. The molecule has 0 aliphatic heterocycles. The van der Waals surface area contributed by atoms with Gasteiger partial charge in [0.2, 0.25) is 0 Å². The third kappa shape index (κ3) is 3.31. The molecule has 0 aromatic carbocycles. The molecule has 1 N–H and O–H groups in total. The number of nitrogens with zero attached hydrogens (tertiary/aromatic N) is 1. The van der Waals surface area contributed by atoms with E-state index < -0.39 is 5.97 Å². The van der Waals surface area contributed by atoms with Gasteiger partial charge in [-0.1, -0.05) is 0 Å². The maximum atomic E-state index is 10.5. The summed E-state index contributed by atoms with van der Waals surface area (Å²) in [5.74, 6) is -0.819. The number of carboxylic acids is 1. The Bertz CT molecular complexity index is 334. The number of hydrogen-bond acceptors (Lipinski definition) is 4. The van der Waals surface area contributed by atoms with Crippen molar-refractivity contribution < 1.29 is 9.90 Å². The molecule has 1 aromatic heterocycles. The van der Waals surface area contributed by atoms with Crippen LogP contribution in [0.15, 0.2) is 0 Å². The van der Waals surface area contributed by atoms with E-state index in [9.17, 15) is 4.79 Å². The van der Waals surface area contributed by atoms with Crippen LogP contribution >= 0.6 is 24.0 Å². The molecule has 1 atom stereocenters. The van der Waals surface area contributed by atoms with Crippen molar-refractivity contribution in [1.82, 2.24) is 4.98 Å². The number of carboxylic acid groups (broad SMARTS) is 1. The van der Waals surface area contributed by atoms with E-state index in [1.807, 2.05) is 6.92 Å². The lowest BCUT2D eigenvalue weighted by molar-refractivity contribution is -0.136. The Morgan fingerprint density at radius 1 is 1.79 bits per heavy atom. The van der Waals surface area contributed by atoms with E-state index in [4.69, 9.17) is 5.11 Å². The average molecular weight is 230 g/mol. The second-order valence-electron chi connectivity index (χ2n) is 3.04. The van der Waals surface area contributed by atoms with Crippen molar-refractivity contribution in [3.63, 3.8) is 0 Å². The van der Waals surface area contributed by atoms with Crippen LogP contribution in [0.25, 0.3) is 0 Å². The van der Waals surface area contributed by atoms with E-state index in [1.165, 1.54) is 11.3 Å². The lowest BCUT2D eigenvalue weighted by atomic mass is 10.3. The SMILES string of the molecule is [CH2]C(S)Cc1nc(C)c(CC(=O)O)s1. The molecule has 0 spiro atoms. The van der Waals surface area contributed by atoms with Crippen molar-refractivity contribution in [2.24, 2.45) is 0 Å². The zero-order valence-corrected chi connectivity index (χ0v) is 9.57. The van der Waals surface area contributed by atoms with Gasteiger partial charge in [0.1, 0.15) is 0 Å². The highest BCUT2D eigenvalue weighted by molar-refractivity contribution is 7.81. The average Bonchev–Trinajstić information content (AvgIpc) is 2.28. The fourth-order valence-electron chi connectivity index (χ4n) is 1.08. The molecule has 1 radical (unpaired) electrons. The van der Waals surface area contributed by atoms with Gasteiger partial charge < -0.3 is 5.11 Å². The molecule has 5 heteroatoms. The highest BCUT2D eigenvalue weighted by Gasteiger charge is 2.11. The van der Waals surface area contributed by atoms with Crippen LogP contribution in [0.2, 0.25) is 0 Å². The summed E-state index contributed by atoms with van der Waals surface area (Å²) in [6.45, 7) is 5.58. The highest BCUT2D eigenvalue weighted by atomic mass is 32.1. The number of aromatic nitrogens is 1. The van der Waals surface area contributed by atoms with Crippen LogP contribution in [0.3, 0.4) is 0 Å². The van der Waals surface area contributed by atoms with E-state index >= 15 is 0 Å². The third-order valence-corrected chi connectivity index (χ3v) is 3.02. The van der Waals surface area contributed by atoms with Crippen LogP contribution in [-0.2, 0) is 17.6 Å². The van der Waals surface area contributed by atoms with Crippen molar-refractivity contribution in [1.29, 1.82) is 0 Å². The fraction of sp³-hybridized carbons (Fsp3) is 0.444. The lowest BCUT2D eigenvalue weighted by Gasteiger charge is -1.97. The zero-order valence-electron chi connectivity index (χ0n) is 7.86. The number of thiol groups is 1. The molecule has 0 aliphatic rings. The van der Waals surface area contributed by atoms with Gasteiger partial charge in [-0.05, 0) is 13.8 Å². The van der Waals surface area contributed by atoms with E-state index in [0.717, 1.165) is 15.6 Å². The first-order valence-corrected chi connectivity index (χ1v) is 5.50. The van der Waals surface area contributed by atoms with Crippen LogP contribution in [0.4, 0.5) is 0 Å². The van der Waals surface area contributed by atoms with Crippen LogP contribution in [0.1, 0.15) is 15.6 Å². The van der Waals surface area contributed by atoms with E-state index in [0.29, 0.717) is 6.42 Å². The molecule has 0 amide bonds. The fourth-order valence-corrected chi connectivity index (χ4v) is 2.52. The van der Waals surface area contributed by atoms with Gasteiger partial charge in [-0.2, -0.15) is 12.6 Å². The van der Waals surface area contributed by atoms with Crippen LogP contribution in [0, 0.1) is 13.8 Å². The molecule has 1 unspecified atom stereocenters. The molecule has 77 valence electrons. The minimum atomic E-state index is -0.819. The van der Waals surface area contributed by atoms with Crippen molar-refractivity contribution in [3.05, 3.63) is 22.5 Å². The van der Waals surface area contributed by atoms with Gasteiger partial charge in [0.25, 0.3) is 0 Å². The minimum Gasteiger partial charge on any atom is -0.481 e. The first-order valence-electron chi connectivity index (χ1n) is 4.17. The van der Waals surface area contributed by atoms with Crippen LogP contribution in [0.5, 0.6) is 0 Å². The quantitative estimate of drug-likeness (QED) is 0.775. The van der Waals surface area contributed by atoms with Gasteiger partial charge in [-0.3, -0.25) is 4.79 Å². The lowest BCUT2D eigenvalue weighted by Crippen LogP contribution is -1.99.